The number of hydrogen-bond donors (Lipinski definition) is 1. The molecular formula is C41H48IrNO3S2-. The zero-order valence-corrected chi connectivity index (χ0v) is 33.9. The number of allylic oxidation sites excluding steroid dienone is 2. The number of hydrogen-bond acceptors (Lipinski definition) is 6. The number of thiophene rings is 2. The van der Waals surface area contributed by atoms with E-state index in [1.807, 2.05) is 53.8 Å². The Hall–Kier alpha value is -2.83. The molecule has 48 heavy (non-hydrogen) atoms. The Morgan fingerprint density at radius 2 is 1.56 bits per heavy atom. The molecule has 0 saturated heterocycles. The third kappa shape index (κ3) is 6.94. The summed E-state index contributed by atoms with van der Waals surface area (Å²) in [5.74, 6) is 0.286. The van der Waals surface area contributed by atoms with Crippen LogP contribution in [0.3, 0.4) is 0 Å². The molecule has 1 N–H and O–H groups in total. The van der Waals surface area contributed by atoms with Crippen molar-refractivity contribution >= 4 is 70.6 Å². The van der Waals surface area contributed by atoms with Crippen LogP contribution in [0.2, 0.25) is 0 Å². The summed E-state index contributed by atoms with van der Waals surface area (Å²) in [5, 5.41) is 19.1. The molecule has 4 aromatic heterocycles. The molecule has 6 rings (SSSR count). The quantitative estimate of drug-likeness (QED) is 0.0941. The largest absolute Gasteiger partial charge is 0.512 e. The number of nitrogens with zero attached hydrogens (tertiary/aromatic N) is 1. The van der Waals surface area contributed by atoms with E-state index in [0.29, 0.717) is 0 Å². The van der Waals surface area contributed by atoms with Crippen molar-refractivity contribution in [1.29, 1.82) is 0 Å². The van der Waals surface area contributed by atoms with Crippen molar-refractivity contribution in [2.24, 2.45) is 10.8 Å². The summed E-state index contributed by atoms with van der Waals surface area (Å²) in [6.07, 6.45) is 6.60. The molecule has 2 aromatic carbocycles. The molecule has 0 saturated carbocycles. The van der Waals surface area contributed by atoms with E-state index in [1.54, 1.807) is 22.7 Å². The van der Waals surface area contributed by atoms with Gasteiger partial charge in [0, 0.05) is 59.7 Å². The molecule has 0 aliphatic rings. The summed E-state index contributed by atoms with van der Waals surface area (Å²) in [7, 11) is 0. The second-order valence-electron chi connectivity index (χ2n) is 14.3. The first-order valence-electron chi connectivity index (χ1n) is 16.8. The summed E-state index contributed by atoms with van der Waals surface area (Å²) < 4.78 is 8.89. The van der Waals surface area contributed by atoms with Gasteiger partial charge in [0.05, 0.1) is 4.70 Å². The monoisotopic (exact) mass is 859 g/mol. The number of furan rings is 1. The summed E-state index contributed by atoms with van der Waals surface area (Å²) in [6, 6.07) is 14.4. The number of aryl methyl sites for hydroxylation is 1. The Bertz CT molecular complexity index is 2100. The van der Waals surface area contributed by atoms with Gasteiger partial charge in [-0.3, -0.25) is 9.78 Å². The van der Waals surface area contributed by atoms with Gasteiger partial charge >= 0.3 is 0 Å². The number of fused-ring (bicyclic) bond motifs is 6. The molecule has 6 aromatic rings. The Morgan fingerprint density at radius 3 is 2.19 bits per heavy atom. The number of aliphatic hydroxyl groups excluding tert-OH is 1. The second-order valence-corrected chi connectivity index (χ2v) is 16.1. The number of pyridine rings is 1. The van der Waals surface area contributed by atoms with Gasteiger partial charge in [-0.05, 0) is 70.5 Å². The van der Waals surface area contributed by atoms with Crippen LogP contribution in [0.15, 0.2) is 63.5 Å². The zero-order chi connectivity index (χ0) is 34.3. The van der Waals surface area contributed by atoms with Gasteiger partial charge in [0.1, 0.15) is 11.3 Å². The van der Waals surface area contributed by atoms with Gasteiger partial charge in [-0.1, -0.05) is 85.6 Å². The molecule has 0 bridgehead atoms. The fraction of sp³-hybridized carbons (Fsp3) is 0.415. The molecule has 0 unspecified atom stereocenters. The van der Waals surface area contributed by atoms with E-state index >= 15 is 0 Å². The molecule has 0 aliphatic carbocycles. The first-order valence-corrected chi connectivity index (χ1v) is 18.5. The van der Waals surface area contributed by atoms with Gasteiger partial charge in [-0.15, -0.1) is 34.9 Å². The molecule has 1 radical (unpaired) electrons. The number of benzene rings is 2. The van der Waals surface area contributed by atoms with Gasteiger partial charge in [-0.25, -0.2) is 0 Å². The van der Waals surface area contributed by atoms with E-state index in [2.05, 4.69) is 68.8 Å². The van der Waals surface area contributed by atoms with Gasteiger partial charge in [0.2, 0.25) is 0 Å². The maximum atomic E-state index is 12.2. The van der Waals surface area contributed by atoms with Crippen LogP contribution in [0.5, 0.6) is 0 Å². The minimum atomic E-state index is -0.337. The summed E-state index contributed by atoms with van der Waals surface area (Å²) in [4.78, 5) is 17.0. The Labute approximate surface area is 307 Å². The minimum absolute atomic E-state index is 0. The van der Waals surface area contributed by atoms with Crippen molar-refractivity contribution in [3.05, 3.63) is 76.3 Å². The fourth-order valence-corrected chi connectivity index (χ4v) is 8.09. The number of carbonyl (C=O) groups excluding carboxylic acids is 1. The first kappa shape index (κ1) is 38.0. The van der Waals surface area contributed by atoms with Gasteiger partial charge in [0.25, 0.3) is 0 Å². The fourth-order valence-electron chi connectivity index (χ4n) is 5.98. The van der Waals surface area contributed by atoms with Crippen molar-refractivity contribution in [2.75, 3.05) is 0 Å². The zero-order valence-electron chi connectivity index (χ0n) is 29.9. The van der Waals surface area contributed by atoms with Gasteiger partial charge in [-0.2, -0.15) is 11.3 Å². The van der Waals surface area contributed by atoms with Crippen molar-refractivity contribution < 1.29 is 34.4 Å². The van der Waals surface area contributed by atoms with Gasteiger partial charge < -0.3 is 9.52 Å². The van der Waals surface area contributed by atoms with Crippen LogP contribution >= 0.6 is 22.7 Å². The molecule has 0 amide bonds. The summed E-state index contributed by atoms with van der Waals surface area (Å²) >= 11 is 3.54. The number of rotatable bonds is 8. The Morgan fingerprint density at radius 1 is 0.917 bits per heavy atom. The minimum Gasteiger partial charge on any atom is -0.512 e. The predicted octanol–water partition coefficient (Wildman–Crippen LogP) is 13.1. The SMILES string of the molecule is CCC(C)(CC)C(=O)/C=C(\O)C(C)(CC)CC.Cc1csc2c1ccc1c2oc2ccnc(-c3[c-]c4ccsc4c(C(C)(C)C)c3)c21.[Ir]. The number of ketones is 1. The first-order chi connectivity index (χ1) is 22.2. The van der Waals surface area contributed by atoms with Crippen molar-refractivity contribution in [3.63, 3.8) is 0 Å². The molecule has 0 atom stereocenters. The van der Waals surface area contributed by atoms with Crippen LogP contribution in [0.25, 0.3) is 53.4 Å². The summed E-state index contributed by atoms with van der Waals surface area (Å²) in [6.45, 7) is 21.0. The topological polar surface area (TPSA) is 63.3 Å². The van der Waals surface area contributed by atoms with E-state index in [9.17, 15) is 9.90 Å². The number of aromatic nitrogens is 1. The standard InChI is InChI=1S/C26H20NOS2.C15H28O2.Ir/c1-14-13-30-25-17(14)5-6-18-21-20(28-23(18)25)7-9-27-22(21)16-11-15-8-10-29-24(15)19(12-16)26(2,3)4;1-7-14(5,8-2)12(16)11-13(17)15(6,9-3)10-4;/h5-10,12-13H,1-4H3;11,16H,7-10H2,1-6H3;/q-1;;/b;12-11-;. The maximum absolute atomic E-state index is 12.2. The van der Waals surface area contributed by atoms with E-state index in [1.165, 1.54) is 32.0 Å². The third-order valence-electron chi connectivity index (χ3n) is 10.4. The maximum Gasteiger partial charge on any atom is 0.164 e. The summed E-state index contributed by atoms with van der Waals surface area (Å²) in [5.41, 5.74) is 5.88. The van der Waals surface area contributed by atoms with Crippen LogP contribution in [0.4, 0.5) is 0 Å². The second kappa shape index (κ2) is 14.6. The average molecular weight is 859 g/mol. The van der Waals surface area contributed by atoms with Crippen molar-refractivity contribution in [1.82, 2.24) is 4.98 Å². The van der Waals surface area contributed by atoms with Crippen LogP contribution < -0.4 is 0 Å². The number of aliphatic hydroxyl groups is 1. The van der Waals surface area contributed by atoms with Crippen molar-refractivity contribution in [3.8, 4) is 11.3 Å². The predicted molar refractivity (Wildman–Crippen MR) is 203 cm³/mol. The van der Waals surface area contributed by atoms with E-state index in [-0.39, 0.29) is 47.9 Å². The molecule has 7 heteroatoms. The van der Waals surface area contributed by atoms with E-state index < -0.39 is 0 Å². The molecule has 0 spiro atoms. The van der Waals surface area contributed by atoms with Crippen LogP contribution in [-0.2, 0) is 30.3 Å². The van der Waals surface area contributed by atoms with Crippen LogP contribution in [0.1, 0.15) is 99.1 Å². The smallest absolute Gasteiger partial charge is 0.164 e. The molecule has 4 heterocycles. The van der Waals surface area contributed by atoms with Crippen LogP contribution in [0, 0.1) is 23.8 Å². The Balaban J connectivity index is 0.000000251. The Kier molecular flexibility index (Phi) is 11.5. The molecule has 4 nitrogen and oxygen atoms in total. The normalized spacial score (nSPS) is 12.8. The molecule has 0 aliphatic heterocycles. The molecule has 257 valence electrons. The van der Waals surface area contributed by atoms with E-state index in [0.717, 1.165) is 64.3 Å². The van der Waals surface area contributed by atoms with Crippen LogP contribution in [-0.4, -0.2) is 15.9 Å². The third-order valence-corrected chi connectivity index (χ3v) is 12.5. The van der Waals surface area contributed by atoms with Crippen molar-refractivity contribution in [2.45, 2.75) is 100 Å². The molecule has 0 fully saturated rings. The van der Waals surface area contributed by atoms with E-state index in [4.69, 9.17) is 9.40 Å². The van der Waals surface area contributed by atoms with Gasteiger partial charge in [0.15, 0.2) is 11.4 Å². The molecular weight excluding hydrogens is 811 g/mol. The number of carbonyl (C=O) groups is 1. The average Bonchev–Trinajstić information content (AvgIpc) is 3.79.